The molecule has 0 amide bonds. The number of esters is 1. The third-order valence-corrected chi connectivity index (χ3v) is 6.31. The molecule has 1 aromatic rings. The van der Waals surface area contributed by atoms with Crippen molar-refractivity contribution in [2.75, 3.05) is 7.11 Å². The molecule has 4 atom stereocenters. The maximum Gasteiger partial charge on any atom is 0.309 e. The van der Waals surface area contributed by atoms with Gasteiger partial charge in [0.2, 0.25) is 0 Å². The lowest BCUT2D eigenvalue weighted by Gasteiger charge is -2.27. The molecule has 0 aromatic heterocycles. The molecule has 1 saturated heterocycles. The molecule has 0 N–H and O–H groups in total. The van der Waals surface area contributed by atoms with Crippen molar-refractivity contribution in [3.05, 3.63) is 38.7 Å². The summed E-state index contributed by atoms with van der Waals surface area (Å²) >= 11 is 3.54. The van der Waals surface area contributed by atoms with Gasteiger partial charge in [0.05, 0.1) is 23.5 Å². The molecule has 0 radical (unpaired) electrons. The summed E-state index contributed by atoms with van der Waals surface area (Å²) in [7, 11) is 1.65. The molecule has 28 heavy (non-hydrogen) atoms. The summed E-state index contributed by atoms with van der Waals surface area (Å²) < 4.78 is 11.8. The van der Waals surface area contributed by atoms with E-state index in [0.717, 1.165) is 16.6 Å². The lowest BCUT2D eigenvalue weighted by Crippen LogP contribution is -2.29. The monoisotopic (exact) mass is 451 g/mol. The highest BCUT2D eigenvalue weighted by atomic mass is 79.9. The zero-order valence-corrected chi connectivity index (χ0v) is 18.8. The van der Waals surface area contributed by atoms with Crippen LogP contribution in [0.5, 0.6) is 5.75 Å². The highest BCUT2D eigenvalue weighted by Gasteiger charge is 2.40. The van der Waals surface area contributed by atoms with Gasteiger partial charge in [-0.05, 0) is 76.2 Å². The SMILES string of the molecule is COc1ccc(C[C@@H](C[C@H](N=[N+]=[N-])C2CC(C(C)C)C(=O)O2)C(C)C)cc1Br. The van der Waals surface area contributed by atoms with E-state index in [9.17, 15) is 4.79 Å². The summed E-state index contributed by atoms with van der Waals surface area (Å²) in [6.45, 7) is 8.40. The Morgan fingerprint density at radius 2 is 2.07 bits per heavy atom. The van der Waals surface area contributed by atoms with Gasteiger partial charge in [-0.15, -0.1) is 0 Å². The number of benzene rings is 1. The molecule has 1 heterocycles. The normalized spacial score (nSPS) is 21.4. The molecule has 2 unspecified atom stereocenters. The largest absolute Gasteiger partial charge is 0.496 e. The van der Waals surface area contributed by atoms with Gasteiger partial charge in [0.1, 0.15) is 11.9 Å². The Morgan fingerprint density at radius 1 is 1.36 bits per heavy atom. The summed E-state index contributed by atoms with van der Waals surface area (Å²) in [4.78, 5) is 15.2. The van der Waals surface area contributed by atoms with E-state index in [0.29, 0.717) is 24.7 Å². The predicted molar refractivity (Wildman–Crippen MR) is 113 cm³/mol. The first-order valence-corrected chi connectivity index (χ1v) is 10.6. The molecule has 2 rings (SSSR count). The number of halogens is 1. The molecule has 1 aliphatic rings. The Kier molecular flexibility index (Phi) is 8.20. The molecule has 1 aromatic carbocycles. The molecule has 1 aliphatic heterocycles. The minimum absolute atomic E-state index is 0.114. The Hall–Kier alpha value is -1.72. The molecule has 0 spiro atoms. The first kappa shape index (κ1) is 22.6. The first-order valence-electron chi connectivity index (χ1n) is 9.83. The quantitative estimate of drug-likeness (QED) is 0.201. The number of carbonyl (C=O) groups is 1. The van der Waals surface area contributed by atoms with E-state index in [1.54, 1.807) is 7.11 Å². The lowest BCUT2D eigenvalue weighted by atomic mass is 9.82. The third-order valence-electron chi connectivity index (χ3n) is 5.69. The van der Waals surface area contributed by atoms with E-state index in [4.69, 9.17) is 15.0 Å². The van der Waals surface area contributed by atoms with Gasteiger partial charge < -0.3 is 9.47 Å². The van der Waals surface area contributed by atoms with E-state index in [1.807, 2.05) is 19.9 Å². The van der Waals surface area contributed by atoms with Gasteiger partial charge in [0.15, 0.2) is 0 Å². The Labute approximate surface area is 175 Å². The van der Waals surface area contributed by atoms with Crippen LogP contribution in [-0.2, 0) is 16.0 Å². The van der Waals surface area contributed by atoms with Crippen LogP contribution in [0.15, 0.2) is 27.8 Å². The van der Waals surface area contributed by atoms with Crippen LogP contribution < -0.4 is 4.74 Å². The van der Waals surface area contributed by atoms with Gasteiger partial charge in [-0.2, -0.15) is 0 Å². The third kappa shape index (κ3) is 5.65. The standard InChI is InChI=1S/C21H30BrN3O3/c1-12(2)15(8-14-6-7-19(27-5)17(22)9-14)10-18(24-25-23)20-11-16(13(3)4)21(26)28-20/h6-7,9,12-13,15-16,18,20H,8,10-11H2,1-5H3/t15-,16?,18-,20?/m0/s1. The van der Waals surface area contributed by atoms with E-state index in [-0.39, 0.29) is 30.0 Å². The van der Waals surface area contributed by atoms with Crippen molar-refractivity contribution in [2.24, 2.45) is 28.8 Å². The zero-order valence-electron chi connectivity index (χ0n) is 17.3. The van der Waals surface area contributed by atoms with Gasteiger partial charge >= 0.3 is 5.97 Å². The van der Waals surface area contributed by atoms with Crippen molar-refractivity contribution in [1.29, 1.82) is 0 Å². The second-order valence-corrected chi connectivity index (χ2v) is 9.10. The molecule has 0 bridgehead atoms. The average Bonchev–Trinajstić information content (AvgIpc) is 3.02. The number of azide groups is 1. The van der Waals surface area contributed by atoms with Crippen LogP contribution >= 0.6 is 15.9 Å². The van der Waals surface area contributed by atoms with E-state index in [2.05, 4.69) is 51.9 Å². The van der Waals surface area contributed by atoms with Crippen molar-refractivity contribution in [3.8, 4) is 5.75 Å². The van der Waals surface area contributed by atoms with Crippen molar-refractivity contribution in [2.45, 2.75) is 59.1 Å². The maximum absolute atomic E-state index is 12.2. The molecular formula is C21H30BrN3O3. The summed E-state index contributed by atoms with van der Waals surface area (Å²) in [5.74, 6) is 1.44. The van der Waals surface area contributed by atoms with E-state index >= 15 is 0 Å². The van der Waals surface area contributed by atoms with Crippen LogP contribution in [0.2, 0.25) is 0 Å². The highest BCUT2D eigenvalue weighted by Crippen LogP contribution is 2.35. The van der Waals surface area contributed by atoms with Crippen molar-refractivity contribution in [3.63, 3.8) is 0 Å². The van der Waals surface area contributed by atoms with Crippen LogP contribution in [0.25, 0.3) is 10.4 Å². The van der Waals surface area contributed by atoms with Gasteiger partial charge in [0, 0.05) is 4.91 Å². The fourth-order valence-corrected chi connectivity index (χ4v) is 4.38. The number of cyclic esters (lactones) is 1. The summed E-state index contributed by atoms with van der Waals surface area (Å²) in [5.41, 5.74) is 10.3. The lowest BCUT2D eigenvalue weighted by molar-refractivity contribution is -0.145. The van der Waals surface area contributed by atoms with E-state index < -0.39 is 0 Å². The smallest absolute Gasteiger partial charge is 0.309 e. The number of methoxy groups -OCH3 is 1. The fraction of sp³-hybridized carbons (Fsp3) is 0.667. The highest BCUT2D eigenvalue weighted by molar-refractivity contribution is 9.10. The number of hydrogen-bond acceptors (Lipinski definition) is 4. The maximum atomic E-state index is 12.2. The first-order chi connectivity index (χ1) is 13.3. The Bertz CT molecular complexity index is 732. The number of rotatable bonds is 9. The van der Waals surface area contributed by atoms with Crippen molar-refractivity contribution >= 4 is 21.9 Å². The van der Waals surface area contributed by atoms with Crippen LogP contribution in [0.4, 0.5) is 0 Å². The number of carbonyl (C=O) groups excluding carboxylic acids is 1. The molecule has 154 valence electrons. The Balaban J connectivity index is 2.15. The molecule has 1 fully saturated rings. The van der Waals surface area contributed by atoms with Gasteiger partial charge in [-0.1, -0.05) is 38.9 Å². The number of hydrogen-bond donors (Lipinski definition) is 0. The molecular weight excluding hydrogens is 422 g/mol. The molecule has 0 saturated carbocycles. The van der Waals surface area contributed by atoms with Gasteiger partial charge in [-0.25, -0.2) is 0 Å². The van der Waals surface area contributed by atoms with Gasteiger partial charge in [0.25, 0.3) is 0 Å². The Morgan fingerprint density at radius 3 is 2.57 bits per heavy atom. The summed E-state index contributed by atoms with van der Waals surface area (Å²) in [6, 6.07) is 5.74. The minimum Gasteiger partial charge on any atom is -0.496 e. The summed E-state index contributed by atoms with van der Waals surface area (Å²) in [6.07, 6.45) is 1.83. The van der Waals surface area contributed by atoms with E-state index in [1.165, 1.54) is 5.56 Å². The topological polar surface area (TPSA) is 84.3 Å². The number of nitrogens with zero attached hydrogens (tertiary/aromatic N) is 3. The second-order valence-electron chi connectivity index (χ2n) is 8.25. The summed E-state index contributed by atoms with van der Waals surface area (Å²) in [5, 5.41) is 4.02. The molecule has 0 aliphatic carbocycles. The van der Waals surface area contributed by atoms with Crippen LogP contribution in [0.3, 0.4) is 0 Å². The molecule has 7 heteroatoms. The van der Waals surface area contributed by atoms with Crippen LogP contribution in [0.1, 0.15) is 46.1 Å². The minimum atomic E-state index is -0.341. The average molecular weight is 452 g/mol. The zero-order chi connectivity index (χ0) is 20.8. The van der Waals surface area contributed by atoms with Crippen LogP contribution in [0, 0.1) is 23.7 Å². The van der Waals surface area contributed by atoms with Crippen LogP contribution in [-0.4, -0.2) is 25.2 Å². The van der Waals surface area contributed by atoms with Crippen molar-refractivity contribution < 1.29 is 14.3 Å². The van der Waals surface area contributed by atoms with Crippen molar-refractivity contribution in [1.82, 2.24) is 0 Å². The second kappa shape index (κ2) is 10.2. The van der Waals surface area contributed by atoms with Gasteiger partial charge in [-0.3, -0.25) is 4.79 Å². The predicted octanol–water partition coefficient (Wildman–Crippen LogP) is 5.93. The molecule has 6 nitrogen and oxygen atoms in total. The fourth-order valence-electron chi connectivity index (χ4n) is 3.79. The number of ether oxygens (including phenoxy) is 2.